The van der Waals surface area contributed by atoms with E-state index in [4.69, 9.17) is 20.4 Å². The molecule has 0 saturated heterocycles. The zero-order valence-corrected chi connectivity index (χ0v) is 13.3. The Morgan fingerprint density at radius 3 is 2.81 bits per heavy atom. The molecule has 21 heavy (non-hydrogen) atoms. The molecule has 7 heteroatoms. The number of amidine groups is 1. The van der Waals surface area contributed by atoms with Crippen molar-refractivity contribution in [2.45, 2.75) is 37.9 Å². The summed E-state index contributed by atoms with van der Waals surface area (Å²) in [5.74, 6) is -0.568. The molecule has 0 aliphatic heterocycles. The first kappa shape index (κ1) is 16.0. The van der Waals surface area contributed by atoms with Gasteiger partial charge in [0.05, 0.1) is 10.6 Å². The molecule has 5 nitrogen and oxygen atoms in total. The number of oxime groups is 1. The summed E-state index contributed by atoms with van der Waals surface area (Å²) in [6.45, 7) is 0. The predicted octanol–water partition coefficient (Wildman–Crippen LogP) is 3.02. The van der Waals surface area contributed by atoms with Crippen molar-refractivity contribution in [3.63, 3.8) is 0 Å². The second-order valence-corrected chi connectivity index (χ2v) is 5.78. The van der Waals surface area contributed by atoms with E-state index in [9.17, 15) is 4.39 Å². The van der Waals surface area contributed by atoms with Crippen LogP contribution in [0.15, 0.2) is 21.8 Å². The second-order valence-electron chi connectivity index (χ2n) is 4.99. The van der Waals surface area contributed by atoms with Crippen LogP contribution in [0.5, 0.6) is 5.75 Å². The monoisotopic (exact) mass is 360 g/mol. The van der Waals surface area contributed by atoms with Gasteiger partial charge in [-0.1, -0.05) is 5.16 Å². The van der Waals surface area contributed by atoms with Crippen molar-refractivity contribution in [1.29, 1.82) is 0 Å². The van der Waals surface area contributed by atoms with Crippen molar-refractivity contribution >= 4 is 21.8 Å². The summed E-state index contributed by atoms with van der Waals surface area (Å²) in [7, 11) is 1.68. The molecule has 0 spiro atoms. The SMILES string of the molecule is COC1CCCC(Oc2ccc(/C(N)=N/O)c(Br)c2F)C1. The highest BCUT2D eigenvalue weighted by Gasteiger charge is 2.25. The van der Waals surface area contributed by atoms with E-state index in [2.05, 4.69) is 21.1 Å². The van der Waals surface area contributed by atoms with Gasteiger partial charge in [-0.2, -0.15) is 0 Å². The third-order valence-corrected chi connectivity index (χ3v) is 4.41. The first-order valence-corrected chi connectivity index (χ1v) is 7.51. The molecule has 1 fully saturated rings. The Bertz CT molecular complexity index is 539. The van der Waals surface area contributed by atoms with Gasteiger partial charge in [0.25, 0.3) is 0 Å². The fourth-order valence-electron chi connectivity index (χ4n) is 2.48. The molecule has 0 radical (unpaired) electrons. The van der Waals surface area contributed by atoms with E-state index in [0.717, 1.165) is 25.7 Å². The predicted molar refractivity (Wildman–Crippen MR) is 80.3 cm³/mol. The summed E-state index contributed by atoms with van der Waals surface area (Å²) in [6, 6.07) is 3.04. The number of benzene rings is 1. The number of hydrogen-bond acceptors (Lipinski definition) is 4. The largest absolute Gasteiger partial charge is 0.487 e. The normalized spacial score (nSPS) is 23.1. The summed E-state index contributed by atoms with van der Waals surface area (Å²) in [4.78, 5) is 0. The van der Waals surface area contributed by atoms with Crippen LogP contribution in [0, 0.1) is 5.82 Å². The van der Waals surface area contributed by atoms with Gasteiger partial charge in [-0.25, -0.2) is 4.39 Å². The number of halogens is 2. The molecule has 1 aromatic rings. The highest BCUT2D eigenvalue weighted by molar-refractivity contribution is 9.10. The summed E-state index contributed by atoms with van der Waals surface area (Å²) in [6.07, 6.45) is 3.71. The molecule has 0 heterocycles. The maximum absolute atomic E-state index is 14.3. The van der Waals surface area contributed by atoms with Crippen molar-refractivity contribution in [2.24, 2.45) is 10.9 Å². The Kier molecular flexibility index (Phi) is 5.41. The first-order chi connectivity index (χ1) is 10.1. The maximum atomic E-state index is 14.3. The molecule has 2 unspecified atom stereocenters. The first-order valence-electron chi connectivity index (χ1n) is 6.72. The number of ether oxygens (including phenoxy) is 2. The topological polar surface area (TPSA) is 77.1 Å². The van der Waals surface area contributed by atoms with Crippen molar-refractivity contribution < 1.29 is 19.1 Å². The Labute approximate surface area is 131 Å². The number of nitrogens with two attached hydrogens (primary N) is 1. The van der Waals surface area contributed by atoms with Crippen molar-refractivity contribution in [3.05, 3.63) is 28.0 Å². The van der Waals surface area contributed by atoms with Gasteiger partial charge in [0.2, 0.25) is 0 Å². The van der Waals surface area contributed by atoms with E-state index in [1.165, 1.54) is 6.07 Å². The van der Waals surface area contributed by atoms with Crippen LogP contribution < -0.4 is 10.5 Å². The average molecular weight is 361 g/mol. The number of rotatable bonds is 4. The van der Waals surface area contributed by atoms with Gasteiger partial charge in [0.1, 0.15) is 6.10 Å². The molecule has 3 N–H and O–H groups in total. The molecular weight excluding hydrogens is 343 g/mol. The van der Waals surface area contributed by atoms with Crippen LogP contribution in [-0.4, -0.2) is 30.4 Å². The minimum atomic E-state index is -0.557. The zero-order valence-electron chi connectivity index (χ0n) is 11.7. The molecule has 2 rings (SSSR count). The summed E-state index contributed by atoms with van der Waals surface area (Å²) in [5, 5.41) is 11.5. The molecular formula is C14H18BrFN2O3. The highest BCUT2D eigenvalue weighted by atomic mass is 79.9. The Balaban J connectivity index is 2.16. The smallest absolute Gasteiger partial charge is 0.179 e. The van der Waals surface area contributed by atoms with Crippen LogP contribution in [0.25, 0.3) is 0 Å². The van der Waals surface area contributed by atoms with Gasteiger partial charge in [-0.05, 0) is 47.3 Å². The number of methoxy groups -OCH3 is 1. The fourth-order valence-corrected chi connectivity index (χ4v) is 3.01. The Morgan fingerprint density at radius 1 is 1.43 bits per heavy atom. The summed E-state index contributed by atoms with van der Waals surface area (Å²) < 4.78 is 25.5. The van der Waals surface area contributed by atoms with E-state index in [1.54, 1.807) is 13.2 Å². The Hall–Kier alpha value is -1.34. The number of nitrogens with zero attached hydrogens (tertiary/aromatic N) is 1. The van der Waals surface area contributed by atoms with Gasteiger partial charge in [-0.15, -0.1) is 0 Å². The quantitative estimate of drug-likeness (QED) is 0.374. The lowest BCUT2D eigenvalue weighted by Gasteiger charge is -2.29. The van der Waals surface area contributed by atoms with Gasteiger partial charge < -0.3 is 20.4 Å². The van der Waals surface area contributed by atoms with E-state index in [0.29, 0.717) is 0 Å². The lowest BCUT2D eigenvalue weighted by molar-refractivity contribution is 0.0197. The molecule has 0 aromatic heterocycles. The van der Waals surface area contributed by atoms with Gasteiger partial charge in [-0.3, -0.25) is 0 Å². The van der Waals surface area contributed by atoms with Crippen LogP contribution in [-0.2, 0) is 4.74 Å². The van der Waals surface area contributed by atoms with Crippen LogP contribution in [0.1, 0.15) is 31.2 Å². The lowest BCUT2D eigenvalue weighted by Crippen LogP contribution is -2.29. The Morgan fingerprint density at radius 2 is 2.14 bits per heavy atom. The minimum absolute atomic E-state index is 0.0696. The molecule has 1 saturated carbocycles. The lowest BCUT2D eigenvalue weighted by atomic mass is 9.95. The maximum Gasteiger partial charge on any atom is 0.179 e. The van der Waals surface area contributed by atoms with Crippen LogP contribution in [0.2, 0.25) is 0 Å². The molecule has 2 atom stereocenters. The third kappa shape index (κ3) is 3.65. The van der Waals surface area contributed by atoms with Crippen LogP contribution in [0.3, 0.4) is 0 Å². The third-order valence-electron chi connectivity index (χ3n) is 3.64. The molecule has 0 bridgehead atoms. The minimum Gasteiger partial charge on any atom is -0.487 e. The second kappa shape index (κ2) is 7.09. The van der Waals surface area contributed by atoms with E-state index < -0.39 is 5.82 Å². The molecule has 116 valence electrons. The van der Waals surface area contributed by atoms with Crippen LogP contribution >= 0.6 is 15.9 Å². The molecule has 1 aliphatic carbocycles. The van der Waals surface area contributed by atoms with Gasteiger partial charge in [0.15, 0.2) is 17.4 Å². The van der Waals surface area contributed by atoms with Crippen molar-refractivity contribution in [1.82, 2.24) is 0 Å². The van der Waals surface area contributed by atoms with Crippen LogP contribution in [0.4, 0.5) is 4.39 Å². The molecule has 0 amide bonds. The van der Waals surface area contributed by atoms with Crippen molar-refractivity contribution in [2.75, 3.05) is 7.11 Å². The van der Waals surface area contributed by atoms with Gasteiger partial charge >= 0.3 is 0 Å². The average Bonchev–Trinajstić information content (AvgIpc) is 2.51. The summed E-state index contributed by atoms with van der Waals surface area (Å²) in [5.41, 5.74) is 5.76. The molecule has 1 aliphatic rings. The van der Waals surface area contributed by atoms with Crippen molar-refractivity contribution in [3.8, 4) is 5.75 Å². The number of hydrogen-bond donors (Lipinski definition) is 2. The van der Waals surface area contributed by atoms with E-state index >= 15 is 0 Å². The van der Waals surface area contributed by atoms with E-state index in [-0.39, 0.29) is 33.8 Å². The van der Waals surface area contributed by atoms with Gasteiger partial charge in [0, 0.05) is 19.1 Å². The zero-order chi connectivity index (χ0) is 15.4. The molecule has 1 aromatic carbocycles. The highest BCUT2D eigenvalue weighted by Crippen LogP contribution is 2.32. The standard InChI is InChI=1S/C14H18BrFN2O3/c1-20-8-3-2-4-9(7-8)21-11-6-5-10(14(17)18-19)12(15)13(11)16/h5-6,8-9,19H,2-4,7H2,1H3,(H2,17,18). The van der Waals surface area contributed by atoms with E-state index in [1.807, 2.05) is 0 Å². The fraction of sp³-hybridized carbons (Fsp3) is 0.500. The summed E-state index contributed by atoms with van der Waals surface area (Å²) >= 11 is 3.11.